The number of carbonyl (C=O) groups excluding carboxylic acids is 1. The van der Waals surface area contributed by atoms with Gasteiger partial charge in [-0.1, -0.05) is 6.07 Å². The molecular formula is C16H25F3N6O2. The Labute approximate surface area is 155 Å². The zero-order valence-electron chi connectivity index (χ0n) is 15.1. The molecule has 1 aromatic carbocycles. The number of rotatable bonds is 6. The third kappa shape index (κ3) is 6.86. The number of nitrogens with zero attached hydrogens (tertiary/aromatic N) is 1. The molecule has 0 spiro atoms. The van der Waals surface area contributed by atoms with Gasteiger partial charge in [-0.2, -0.15) is 0 Å². The maximum atomic E-state index is 12.3. The zero-order chi connectivity index (χ0) is 20.0. The van der Waals surface area contributed by atoms with Crippen molar-refractivity contribution in [1.29, 1.82) is 0 Å². The monoisotopic (exact) mass is 390 g/mol. The quantitative estimate of drug-likeness (QED) is 0.500. The molecule has 0 bridgehead atoms. The number of anilines is 1. The van der Waals surface area contributed by atoms with Crippen LogP contribution in [0.15, 0.2) is 24.3 Å². The number of ether oxygens (including phenoxy) is 1. The fraction of sp³-hybridized carbons (Fsp3) is 0.562. The van der Waals surface area contributed by atoms with E-state index < -0.39 is 24.4 Å². The van der Waals surface area contributed by atoms with Gasteiger partial charge in [-0.25, -0.2) is 4.79 Å². The summed E-state index contributed by atoms with van der Waals surface area (Å²) in [5.74, 6) is -0.409. The normalized spacial score (nSPS) is 23.7. The van der Waals surface area contributed by atoms with Crippen LogP contribution >= 0.6 is 0 Å². The molecule has 0 radical (unpaired) electrons. The van der Waals surface area contributed by atoms with E-state index in [-0.39, 0.29) is 17.9 Å². The number of halogens is 3. The smallest absolute Gasteiger partial charge is 0.406 e. The van der Waals surface area contributed by atoms with Crippen LogP contribution in [-0.2, 0) is 0 Å². The number of urea groups is 1. The number of amides is 2. The summed E-state index contributed by atoms with van der Waals surface area (Å²) in [5.41, 5.74) is 5.70. The first-order chi connectivity index (χ1) is 12.7. The highest BCUT2D eigenvalue weighted by atomic mass is 19.4. The molecule has 0 saturated carbocycles. The largest absolute Gasteiger partial charge is 0.573 e. The Balaban J connectivity index is 1.95. The highest BCUT2D eigenvalue weighted by molar-refractivity contribution is 5.89. The van der Waals surface area contributed by atoms with Gasteiger partial charge in [0.2, 0.25) is 0 Å². The molecule has 3 atom stereocenters. The second-order valence-corrected chi connectivity index (χ2v) is 6.30. The predicted octanol–water partition coefficient (Wildman–Crippen LogP) is 1.18. The lowest BCUT2D eigenvalue weighted by atomic mass is 10.1. The second-order valence-electron chi connectivity index (χ2n) is 6.30. The number of nitrogens with one attached hydrogen (secondary N) is 4. The van der Waals surface area contributed by atoms with Crippen molar-refractivity contribution in [2.45, 2.75) is 38.2 Å². The maximum Gasteiger partial charge on any atom is 0.573 e. The third-order valence-electron chi connectivity index (χ3n) is 4.04. The van der Waals surface area contributed by atoms with E-state index in [0.29, 0.717) is 13.1 Å². The molecule has 1 fully saturated rings. The SMILES string of the molecule is CC1CC(NCCN)N(C)C(NC(=O)Nc2cccc(OC(F)(F)F)c2)N1. The molecule has 6 N–H and O–H groups in total. The molecule has 8 nitrogen and oxygen atoms in total. The molecular weight excluding hydrogens is 365 g/mol. The minimum Gasteiger partial charge on any atom is -0.406 e. The minimum atomic E-state index is -4.79. The van der Waals surface area contributed by atoms with E-state index in [1.54, 1.807) is 0 Å². The molecule has 27 heavy (non-hydrogen) atoms. The van der Waals surface area contributed by atoms with Gasteiger partial charge in [0.1, 0.15) is 12.0 Å². The van der Waals surface area contributed by atoms with Gasteiger partial charge >= 0.3 is 12.4 Å². The highest BCUT2D eigenvalue weighted by Gasteiger charge is 2.32. The molecule has 0 aliphatic carbocycles. The lowest BCUT2D eigenvalue weighted by molar-refractivity contribution is -0.274. The van der Waals surface area contributed by atoms with E-state index in [0.717, 1.165) is 18.6 Å². The van der Waals surface area contributed by atoms with E-state index in [4.69, 9.17) is 5.73 Å². The minimum absolute atomic E-state index is 0.0265. The van der Waals surface area contributed by atoms with Gasteiger partial charge < -0.3 is 26.4 Å². The summed E-state index contributed by atoms with van der Waals surface area (Å²) in [6.07, 6.45) is -4.40. The lowest BCUT2D eigenvalue weighted by Gasteiger charge is -2.43. The van der Waals surface area contributed by atoms with Crippen molar-refractivity contribution in [3.63, 3.8) is 0 Å². The van der Waals surface area contributed by atoms with Crippen LogP contribution in [0.4, 0.5) is 23.7 Å². The maximum absolute atomic E-state index is 12.3. The van der Waals surface area contributed by atoms with Gasteiger partial charge in [0.15, 0.2) is 0 Å². The Morgan fingerprint density at radius 3 is 2.85 bits per heavy atom. The summed E-state index contributed by atoms with van der Waals surface area (Å²) in [7, 11) is 1.84. The first-order valence-corrected chi connectivity index (χ1v) is 8.52. The summed E-state index contributed by atoms with van der Waals surface area (Å²) in [6.45, 7) is 3.14. The number of alkyl halides is 3. The summed E-state index contributed by atoms with van der Waals surface area (Å²) < 4.78 is 40.7. The first kappa shape index (κ1) is 21.2. The van der Waals surface area contributed by atoms with Crippen LogP contribution < -0.4 is 31.7 Å². The summed E-state index contributed by atoms with van der Waals surface area (Å²) >= 11 is 0. The molecule has 152 valence electrons. The summed E-state index contributed by atoms with van der Waals surface area (Å²) in [6, 6.07) is 4.66. The van der Waals surface area contributed by atoms with Crippen LogP contribution in [-0.4, -0.2) is 55.9 Å². The average molecular weight is 390 g/mol. The molecule has 2 rings (SSSR count). The molecule has 1 aliphatic rings. The van der Waals surface area contributed by atoms with Gasteiger partial charge in [-0.3, -0.25) is 10.2 Å². The van der Waals surface area contributed by atoms with Crippen LogP contribution in [0.2, 0.25) is 0 Å². The number of benzene rings is 1. The van der Waals surface area contributed by atoms with Gasteiger partial charge in [-0.15, -0.1) is 13.2 Å². The van der Waals surface area contributed by atoms with Crippen LogP contribution in [0.25, 0.3) is 0 Å². The molecule has 1 aromatic rings. The van der Waals surface area contributed by atoms with Crippen molar-refractivity contribution in [2.24, 2.45) is 5.73 Å². The van der Waals surface area contributed by atoms with Crippen LogP contribution in [0.3, 0.4) is 0 Å². The van der Waals surface area contributed by atoms with E-state index in [1.807, 2.05) is 18.9 Å². The summed E-state index contributed by atoms with van der Waals surface area (Å²) in [5, 5.41) is 11.8. The molecule has 1 aliphatic heterocycles. The number of nitrogens with two attached hydrogens (primary N) is 1. The molecule has 3 unspecified atom stereocenters. The topological polar surface area (TPSA) is 104 Å². The van der Waals surface area contributed by atoms with Gasteiger partial charge in [0, 0.05) is 30.9 Å². The molecule has 1 saturated heterocycles. The number of hydrogen-bond donors (Lipinski definition) is 5. The van der Waals surface area contributed by atoms with Crippen molar-refractivity contribution in [1.82, 2.24) is 20.9 Å². The summed E-state index contributed by atoms with van der Waals surface area (Å²) in [4.78, 5) is 14.2. The first-order valence-electron chi connectivity index (χ1n) is 8.52. The van der Waals surface area contributed by atoms with E-state index in [1.165, 1.54) is 12.1 Å². The number of hydrogen-bond acceptors (Lipinski definition) is 6. The highest BCUT2D eigenvalue weighted by Crippen LogP contribution is 2.25. The zero-order valence-corrected chi connectivity index (χ0v) is 15.1. The number of carbonyl (C=O) groups is 1. The van der Waals surface area contributed by atoms with Crippen molar-refractivity contribution >= 4 is 11.7 Å². The predicted molar refractivity (Wildman–Crippen MR) is 94.9 cm³/mol. The third-order valence-corrected chi connectivity index (χ3v) is 4.04. The van der Waals surface area contributed by atoms with Gasteiger partial charge in [-0.05, 0) is 32.5 Å². The Morgan fingerprint density at radius 2 is 2.19 bits per heavy atom. The molecule has 1 heterocycles. The van der Waals surface area contributed by atoms with Crippen molar-refractivity contribution < 1.29 is 22.7 Å². The van der Waals surface area contributed by atoms with Crippen molar-refractivity contribution in [3.8, 4) is 5.75 Å². The van der Waals surface area contributed by atoms with Crippen molar-refractivity contribution in [2.75, 3.05) is 25.5 Å². The van der Waals surface area contributed by atoms with Gasteiger partial charge in [0.25, 0.3) is 0 Å². The Hall–Kier alpha value is -2.08. The Morgan fingerprint density at radius 1 is 1.44 bits per heavy atom. The molecule has 2 amide bonds. The lowest BCUT2D eigenvalue weighted by Crippen LogP contribution is -2.68. The molecule has 0 aromatic heterocycles. The standard InChI is InChI=1S/C16H25F3N6O2/c1-10-8-13(21-7-6-20)25(2)14(22-10)24-15(26)23-11-4-3-5-12(9-11)27-16(17,18)19/h3-5,9-10,13-14,21-22H,6-8,20H2,1-2H3,(H2,23,24,26). The fourth-order valence-corrected chi connectivity index (χ4v) is 2.82. The fourth-order valence-electron chi connectivity index (χ4n) is 2.82. The van der Waals surface area contributed by atoms with Crippen LogP contribution in [0.5, 0.6) is 5.75 Å². The molecule has 11 heteroatoms. The van der Waals surface area contributed by atoms with Crippen LogP contribution in [0.1, 0.15) is 13.3 Å². The van der Waals surface area contributed by atoms with Gasteiger partial charge in [0.05, 0.1) is 6.17 Å². The van der Waals surface area contributed by atoms with Crippen LogP contribution in [0, 0.1) is 0 Å². The van der Waals surface area contributed by atoms with E-state index in [2.05, 4.69) is 26.0 Å². The van der Waals surface area contributed by atoms with E-state index in [9.17, 15) is 18.0 Å². The second kappa shape index (κ2) is 9.22. The Bertz CT molecular complexity index is 630. The Kier molecular flexibility index (Phi) is 7.25. The average Bonchev–Trinajstić information content (AvgIpc) is 2.55. The van der Waals surface area contributed by atoms with E-state index >= 15 is 0 Å². The van der Waals surface area contributed by atoms with Crippen molar-refractivity contribution in [3.05, 3.63) is 24.3 Å².